The molecule has 0 aromatic rings. The summed E-state index contributed by atoms with van der Waals surface area (Å²) in [5.41, 5.74) is 5.38. The van der Waals surface area contributed by atoms with Crippen LogP contribution in [0.25, 0.3) is 0 Å². The summed E-state index contributed by atoms with van der Waals surface area (Å²) in [4.78, 5) is 33.2. The number of unbranched alkanes of at least 4 members (excludes halogenated alkanes) is 7. The van der Waals surface area contributed by atoms with Crippen molar-refractivity contribution in [3.8, 4) is 0 Å². The molecule has 0 saturated heterocycles. The Morgan fingerprint density at radius 2 is 1.36 bits per heavy atom. The molecule has 25 heavy (non-hydrogen) atoms. The van der Waals surface area contributed by atoms with E-state index in [-0.39, 0.29) is 43.3 Å². The van der Waals surface area contributed by atoms with Crippen molar-refractivity contribution in [2.24, 2.45) is 5.73 Å². The quantitative estimate of drug-likeness (QED) is 0.213. The van der Waals surface area contributed by atoms with Crippen LogP contribution < -0.4 is 40.6 Å². The minimum atomic E-state index is -0.998. The first-order valence-electron chi connectivity index (χ1n) is 8.91. The summed E-state index contributed by atoms with van der Waals surface area (Å²) in [6.07, 6.45) is 8.83. The van der Waals surface area contributed by atoms with Gasteiger partial charge in [0.05, 0.1) is 0 Å². The van der Waals surface area contributed by atoms with Crippen LogP contribution in [0.15, 0.2) is 0 Å². The van der Waals surface area contributed by atoms with Gasteiger partial charge in [0.15, 0.2) is 0 Å². The van der Waals surface area contributed by atoms with Gasteiger partial charge in [-0.15, -0.1) is 0 Å². The maximum absolute atomic E-state index is 11.8. The van der Waals surface area contributed by atoms with Crippen molar-refractivity contribution in [1.82, 2.24) is 5.32 Å². The molecule has 0 aliphatic rings. The second-order valence-electron chi connectivity index (χ2n) is 6.11. The molecule has 0 heterocycles. The molecule has 0 fully saturated rings. The predicted octanol–water partition coefficient (Wildman–Crippen LogP) is -0.603. The molecule has 7 nitrogen and oxygen atoms in total. The van der Waals surface area contributed by atoms with Crippen molar-refractivity contribution < 1.29 is 55.6 Å². The number of hydrogen-bond donors (Lipinski definition) is 4. The van der Waals surface area contributed by atoms with Gasteiger partial charge in [0.2, 0.25) is 5.91 Å². The molecule has 1 amide bonds. The van der Waals surface area contributed by atoms with Crippen molar-refractivity contribution in [2.45, 2.75) is 83.1 Å². The third-order valence-electron chi connectivity index (χ3n) is 3.87. The number of carbonyl (C=O) groups excluding carboxylic acids is 1. The van der Waals surface area contributed by atoms with Gasteiger partial charge in [0, 0.05) is 12.8 Å². The van der Waals surface area contributed by atoms with E-state index in [9.17, 15) is 14.4 Å². The SMILES string of the molecule is NCCCC[C@H](NC(=O)CCCCCCCCCC(=O)O)C(=O)O.[H-].[Na+]. The summed E-state index contributed by atoms with van der Waals surface area (Å²) in [7, 11) is 0. The van der Waals surface area contributed by atoms with E-state index in [2.05, 4.69) is 5.32 Å². The number of rotatable bonds is 16. The summed E-state index contributed by atoms with van der Waals surface area (Å²) in [5.74, 6) is -1.96. The van der Waals surface area contributed by atoms with Crippen LogP contribution in [0, 0.1) is 0 Å². The summed E-state index contributed by atoms with van der Waals surface area (Å²) in [6, 6.07) is -0.821. The van der Waals surface area contributed by atoms with Gasteiger partial charge in [-0.3, -0.25) is 9.59 Å². The molecule has 0 radical (unpaired) electrons. The van der Waals surface area contributed by atoms with Crippen LogP contribution in [-0.4, -0.2) is 40.6 Å². The van der Waals surface area contributed by atoms with Crippen LogP contribution in [-0.2, 0) is 14.4 Å². The first-order valence-corrected chi connectivity index (χ1v) is 8.91. The minimum Gasteiger partial charge on any atom is -1.00 e. The Kier molecular flexibility index (Phi) is 19.3. The van der Waals surface area contributed by atoms with Crippen molar-refractivity contribution in [2.75, 3.05) is 6.54 Å². The van der Waals surface area contributed by atoms with Gasteiger partial charge >= 0.3 is 41.5 Å². The van der Waals surface area contributed by atoms with E-state index < -0.39 is 18.0 Å². The second-order valence-corrected chi connectivity index (χ2v) is 6.11. The number of hydrogen-bond acceptors (Lipinski definition) is 4. The first kappa shape index (κ1) is 26.6. The van der Waals surface area contributed by atoms with Crippen LogP contribution in [0.3, 0.4) is 0 Å². The van der Waals surface area contributed by atoms with E-state index in [0.717, 1.165) is 51.4 Å². The Balaban J connectivity index is -0.00000264. The van der Waals surface area contributed by atoms with Crippen molar-refractivity contribution >= 4 is 17.8 Å². The Labute approximate surface area is 173 Å². The number of aliphatic carboxylic acids is 2. The fourth-order valence-electron chi connectivity index (χ4n) is 2.46. The Hall–Kier alpha value is -0.630. The Morgan fingerprint density at radius 1 is 0.840 bits per heavy atom. The number of carboxylic acid groups (broad SMARTS) is 2. The maximum Gasteiger partial charge on any atom is 1.00 e. The normalized spacial score (nSPS) is 11.4. The van der Waals surface area contributed by atoms with E-state index in [0.29, 0.717) is 25.8 Å². The van der Waals surface area contributed by atoms with E-state index in [1.807, 2.05) is 0 Å². The second kappa shape index (κ2) is 18.2. The minimum absolute atomic E-state index is 0. The standard InChI is InChI=1S/C17H32N2O5.Na.H/c18-13-9-8-10-14(17(23)24)19-15(20)11-6-4-2-1-3-5-7-12-16(21)22;;/h14H,1-13,18H2,(H,19,20)(H,21,22)(H,23,24);;/q;+1;-1/t14-;;/m0../s1. The van der Waals surface area contributed by atoms with Gasteiger partial charge in [-0.1, -0.05) is 32.1 Å². The number of carbonyl (C=O) groups is 3. The molecule has 142 valence electrons. The molecule has 5 N–H and O–H groups in total. The molecule has 0 unspecified atom stereocenters. The molecule has 1 atom stereocenters. The van der Waals surface area contributed by atoms with Gasteiger partial charge < -0.3 is 22.7 Å². The van der Waals surface area contributed by atoms with Crippen LogP contribution >= 0.6 is 0 Å². The maximum atomic E-state index is 11.8. The zero-order valence-electron chi connectivity index (χ0n) is 16.5. The third-order valence-corrected chi connectivity index (χ3v) is 3.87. The predicted molar refractivity (Wildman–Crippen MR) is 92.8 cm³/mol. The van der Waals surface area contributed by atoms with Gasteiger partial charge in [-0.2, -0.15) is 0 Å². The molecular formula is C17H33N2NaO5. The van der Waals surface area contributed by atoms with Crippen molar-refractivity contribution in [3.05, 3.63) is 0 Å². The topological polar surface area (TPSA) is 130 Å². The van der Waals surface area contributed by atoms with E-state index in [1.54, 1.807) is 0 Å². The number of carboxylic acids is 2. The number of nitrogens with two attached hydrogens (primary N) is 1. The summed E-state index contributed by atoms with van der Waals surface area (Å²) >= 11 is 0. The van der Waals surface area contributed by atoms with Crippen molar-refractivity contribution in [3.63, 3.8) is 0 Å². The van der Waals surface area contributed by atoms with Crippen LogP contribution in [0.4, 0.5) is 0 Å². The molecule has 0 aromatic carbocycles. The molecule has 0 saturated carbocycles. The van der Waals surface area contributed by atoms with E-state index in [4.69, 9.17) is 15.9 Å². The molecule has 0 spiro atoms. The van der Waals surface area contributed by atoms with Gasteiger partial charge in [0.25, 0.3) is 0 Å². The van der Waals surface area contributed by atoms with E-state index in [1.165, 1.54) is 0 Å². The number of amides is 1. The Bertz CT molecular complexity index is 386. The zero-order chi connectivity index (χ0) is 18.2. The van der Waals surface area contributed by atoms with Crippen LogP contribution in [0.1, 0.15) is 78.5 Å². The van der Waals surface area contributed by atoms with E-state index >= 15 is 0 Å². The van der Waals surface area contributed by atoms with Crippen molar-refractivity contribution in [1.29, 1.82) is 0 Å². The van der Waals surface area contributed by atoms with Gasteiger partial charge in [-0.25, -0.2) is 4.79 Å². The van der Waals surface area contributed by atoms with Gasteiger partial charge in [0.1, 0.15) is 6.04 Å². The summed E-state index contributed by atoms with van der Waals surface area (Å²) in [5, 5.41) is 20.2. The molecule has 8 heteroatoms. The van der Waals surface area contributed by atoms with Crippen LogP contribution in [0.2, 0.25) is 0 Å². The average Bonchev–Trinajstić information content (AvgIpc) is 2.52. The molecule has 0 aliphatic carbocycles. The van der Waals surface area contributed by atoms with Crippen LogP contribution in [0.5, 0.6) is 0 Å². The molecule has 0 rings (SSSR count). The molecular weight excluding hydrogens is 335 g/mol. The smallest absolute Gasteiger partial charge is 1.00 e. The largest absolute Gasteiger partial charge is 1.00 e. The third kappa shape index (κ3) is 18.0. The monoisotopic (exact) mass is 368 g/mol. The number of nitrogens with one attached hydrogen (secondary N) is 1. The fraction of sp³-hybridized carbons (Fsp3) is 0.824. The molecule has 0 bridgehead atoms. The first-order chi connectivity index (χ1) is 11.5. The zero-order valence-corrected chi connectivity index (χ0v) is 17.5. The molecule has 0 aromatic heterocycles. The molecule has 0 aliphatic heterocycles. The fourth-order valence-corrected chi connectivity index (χ4v) is 2.46. The summed E-state index contributed by atoms with van der Waals surface area (Å²) in [6.45, 7) is 0.524. The summed E-state index contributed by atoms with van der Waals surface area (Å²) < 4.78 is 0. The average molecular weight is 368 g/mol. The van der Waals surface area contributed by atoms with Gasteiger partial charge in [-0.05, 0) is 38.6 Å². The Morgan fingerprint density at radius 3 is 1.84 bits per heavy atom.